The van der Waals surface area contributed by atoms with Crippen molar-refractivity contribution in [1.29, 1.82) is 0 Å². The maximum atomic E-state index is 13.5. The first-order valence-corrected chi connectivity index (χ1v) is 7.41. The standard InChI is InChI=1S/C19H16FNO3/c1-23-18-6-4-3-5-12(18)9-14-11-16(19(22)24-2)15-10-13(20)7-8-17(15)21-14/h3-8,10-11H,9H2,1-2H3. The van der Waals surface area contributed by atoms with Crippen LogP contribution < -0.4 is 4.74 Å². The molecule has 1 aromatic heterocycles. The summed E-state index contributed by atoms with van der Waals surface area (Å²) in [6.07, 6.45) is 0.487. The Labute approximate surface area is 138 Å². The van der Waals surface area contributed by atoms with Gasteiger partial charge in [-0.1, -0.05) is 18.2 Å². The number of halogens is 1. The first kappa shape index (κ1) is 15.9. The van der Waals surface area contributed by atoms with Crippen LogP contribution in [-0.4, -0.2) is 25.2 Å². The predicted molar refractivity (Wildman–Crippen MR) is 88.8 cm³/mol. The summed E-state index contributed by atoms with van der Waals surface area (Å²) in [4.78, 5) is 16.6. The van der Waals surface area contributed by atoms with Crippen molar-refractivity contribution in [3.8, 4) is 5.75 Å². The van der Waals surface area contributed by atoms with Gasteiger partial charge in [0, 0.05) is 23.1 Å². The van der Waals surface area contributed by atoms with Gasteiger partial charge in [0.2, 0.25) is 0 Å². The van der Waals surface area contributed by atoms with Crippen molar-refractivity contribution < 1.29 is 18.7 Å². The lowest BCUT2D eigenvalue weighted by Crippen LogP contribution is -2.06. The molecule has 122 valence electrons. The zero-order chi connectivity index (χ0) is 17.1. The van der Waals surface area contributed by atoms with Gasteiger partial charge in [-0.25, -0.2) is 9.18 Å². The summed E-state index contributed by atoms with van der Waals surface area (Å²) in [7, 11) is 2.91. The monoisotopic (exact) mass is 325 g/mol. The highest BCUT2D eigenvalue weighted by molar-refractivity contribution is 6.03. The number of pyridine rings is 1. The van der Waals surface area contributed by atoms with Crippen LogP contribution in [0.1, 0.15) is 21.6 Å². The van der Waals surface area contributed by atoms with Gasteiger partial charge in [0.1, 0.15) is 11.6 Å². The third-order valence-electron chi connectivity index (χ3n) is 3.79. The van der Waals surface area contributed by atoms with Crippen LogP contribution in [0.15, 0.2) is 48.5 Å². The predicted octanol–water partition coefficient (Wildman–Crippen LogP) is 3.76. The van der Waals surface area contributed by atoms with Crippen LogP contribution in [0.2, 0.25) is 0 Å². The third-order valence-corrected chi connectivity index (χ3v) is 3.79. The van der Waals surface area contributed by atoms with Crippen molar-refractivity contribution in [3.05, 3.63) is 71.2 Å². The first-order valence-electron chi connectivity index (χ1n) is 7.41. The van der Waals surface area contributed by atoms with Gasteiger partial charge in [-0.15, -0.1) is 0 Å². The maximum absolute atomic E-state index is 13.5. The van der Waals surface area contributed by atoms with E-state index >= 15 is 0 Å². The number of carbonyl (C=O) groups is 1. The molecule has 0 spiro atoms. The van der Waals surface area contributed by atoms with Crippen molar-refractivity contribution in [2.45, 2.75) is 6.42 Å². The normalized spacial score (nSPS) is 10.6. The molecule has 0 saturated heterocycles. The Bertz CT molecular complexity index is 908. The van der Waals surface area contributed by atoms with E-state index in [1.54, 1.807) is 19.2 Å². The largest absolute Gasteiger partial charge is 0.496 e. The number of aromatic nitrogens is 1. The van der Waals surface area contributed by atoms with E-state index in [-0.39, 0.29) is 0 Å². The average Bonchev–Trinajstić information content (AvgIpc) is 2.61. The number of esters is 1. The molecule has 3 aromatic rings. The number of carbonyl (C=O) groups excluding carboxylic acids is 1. The molecule has 0 saturated carbocycles. The van der Waals surface area contributed by atoms with Crippen LogP contribution in [0.3, 0.4) is 0 Å². The lowest BCUT2D eigenvalue weighted by Gasteiger charge is -2.11. The summed E-state index contributed by atoms with van der Waals surface area (Å²) in [5, 5.41) is 0.436. The summed E-state index contributed by atoms with van der Waals surface area (Å²) in [5.41, 5.74) is 2.47. The topological polar surface area (TPSA) is 48.4 Å². The Morgan fingerprint density at radius 1 is 1.12 bits per heavy atom. The fraction of sp³-hybridized carbons (Fsp3) is 0.158. The Morgan fingerprint density at radius 3 is 2.67 bits per heavy atom. The zero-order valence-electron chi connectivity index (χ0n) is 13.4. The Morgan fingerprint density at radius 2 is 1.92 bits per heavy atom. The summed E-state index contributed by atoms with van der Waals surface area (Å²) < 4.78 is 23.7. The second-order valence-electron chi connectivity index (χ2n) is 5.30. The molecule has 0 N–H and O–H groups in total. The minimum atomic E-state index is -0.519. The highest BCUT2D eigenvalue weighted by Gasteiger charge is 2.15. The lowest BCUT2D eigenvalue weighted by molar-refractivity contribution is 0.0603. The maximum Gasteiger partial charge on any atom is 0.338 e. The minimum Gasteiger partial charge on any atom is -0.496 e. The molecule has 0 aliphatic heterocycles. The smallest absolute Gasteiger partial charge is 0.338 e. The summed E-state index contributed by atoms with van der Waals surface area (Å²) in [6, 6.07) is 13.4. The Balaban J connectivity index is 2.12. The molecule has 2 aromatic carbocycles. The SMILES string of the molecule is COC(=O)c1cc(Cc2ccccc2OC)nc2ccc(F)cc12. The van der Waals surface area contributed by atoms with Crippen LogP contribution in [0.5, 0.6) is 5.75 Å². The molecule has 0 radical (unpaired) electrons. The second-order valence-corrected chi connectivity index (χ2v) is 5.30. The summed E-state index contributed by atoms with van der Waals surface area (Å²) in [5.74, 6) is -0.195. The number of benzene rings is 2. The van der Waals surface area contributed by atoms with Crippen molar-refractivity contribution in [2.24, 2.45) is 0 Å². The van der Waals surface area contributed by atoms with Crippen LogP contribution >= 0.6 is 0 Å². The van der Waals surface area contributed by atoms with Gasteiger partial charge in [0.25, 0.3) is 0 Å². The molecule has 0 amide bonds. The average molecular weight is 325 g/mol. The highest BCUT2D eigenvalue weighted by atomic mass is 19.1. The molecule has 0 aliphatic rings. The summed E-state index contributed by atoms with van der Waals surface area (Å²) >= 11 is 0. The van der Waals surface area contributed by atoms with Crippen LogP contribution in [-0.2, 0) is 11.2 Å². The quantitative estimate of drug-likeness (QED) is 0.685. The minimum absolute atomic E-state index is 0.298. The van der Waals surface area contributed by atoms with E-state index in [4.69, 9.17) is 9.47 Å². The van der Waals surface area contributed by atoms with Gasteiger partial charge in [-0.3, -0.25) is 4.98 Å². The number of fused-ring (bicyclic) bond motifs is 1. The molecular weight excluding hydrogens is 309 g/mol. The number of ether oxygens (including phenoxy) is 2. The number of methoxy groups -OCH3 is 2. The van der Waals surface area contributed by atoms with Crippen molar-refractivity contribution in [2.75, 3.05) is 14.2 Å². The van der Waals surface area contributed by atoms with E-state index in [1.807, 2.05) is 24.3 Å². The van der Waals surface area contributed by atoms with Crippen LogP contribution in [0, 0.1) is 5.82 Å². The molecule has 0 fully saturated rings. The molecular formula is C19H16FNO3. The van der Waals surface area contributed by atoms with E-state index in [1.165, 1.54) is 19.2 Å². The Kier molecular flexibility index (Phi) is 4.42. The van der Waals surface area contributed by atoms with Gasteiger partial charge >= 0.3 is 5.97 Å². The van der Waals surface area contributed by atoms with Crippen molar-refractivity contribution in [3.63, 3.8) is 0 Å². The fourth-order valence-corrected chi connectivity index (χ4v) is 2.67. The number of nitrogens with zero attached hydrogens (tertiary/aromatic N) is 1. The van der Waals surface area contributed by atoms with E-state index in [2.05, 4.69) is 4.98 Å². The first-order chi connectivity index (χ1) is 11.6. The van der Waals surface area contributed by atoms with Gasteiger partial charge in [-0.2, -0.15) is 0 Å². The van der Waals surface area contributed by atoms with Crippen LogP contribution in [0.4, 0.5) is 4.39 Å². The number of rotatable bonds is 4. The molecule has 4 nitrogen and oxygen atoms in total. The fourth-order valence-electron chi connectivity index (χ4n) is 2.67. The van der Waals surface area contributed by atoms with E-state index in [0.29, 0.717) is 28.6 Å². The van der Waals surface area contributed by atoms with Gasteiger partial charge in [-0.05, 0) is 30.3 Å². The number of para-hydroxylation sites is 1. The Hall–Kier alpha value is -2.95. The van der Waals surface area contributed by atoms with E-state index in [9.17, 15) is 9.18 Å². The van der Waals surface area contributed by atoms with Crippen LogP contribution in [0.25, 0.3) is 10.9 Å². The molecule has 0 bridgehead atoms. The third kappa shape index (κ3) is 3.06. The van der Waals surface area contributed by atoms with Crippen molar-refractivity contribution in [1.82, 2.24) is 4.98 Å². The van der Waals surface area contributed by atoms with E-state index in [0.717, 1.165) is 11.3 Å². The second kappa shape index (κ2) is 6.66. The van der Waals surface area contributed by atoms with Gasteiger partial charge in [0.05, 0.1) is 25.3 Å². The molecule has 0 unspecified atom stereocenters. The molecule has 3 rings (SSSR count). The molecule has 0 aliphatic carbocycles. The van der Waals surface area contributed by atoms with E-state index < -0.39 is 11.8 Å². The number of hydrogen-bond donors (Lipinski definition) is 0. The molecule has 1 heterocycles. The molecule has 0 atom stereocenters. The lowest BCUT2D eigenvalue weighted by atomic mass is 10.0. The molecule has 5 heteroatoms. The highest BCUT2D eigenvalue weighted by Crippen LogP contribution is 2.25. The van der Waals surface area contributed by atoms with Crippen molar-refractivity contribution >= 4 is 16.9 Å². The van der Waals surface area contributed by atoms with Gasteiger partial charge < -0.3 is 9.47 Å². The van der Waals surface area contributed by atoms with Gasteiger partial charge in [0.15, 0.2) is 0 Å². The number of hydrogen-bond acceptors (Lipinski definition) is 4. The molecule has 24 heavy (non-hydrogen) atoms. The zero-order valence-corrected chi connectivity index (χ0v) is 13.4. The summed E-state index contributed by atoms with van der Waals surface area (Å²) in [6.45, 7) is 0.